The topological polar surface area (TPSA) is 89.5 Å². The number of carbonyl (C=O) groups excluding carboxylic acids is 1. The van der Waals surface area contributed by atoms with E-state index in [9.17, 15) is 14.7 Å². The molecular formula is C14H22N4O3. The van der Waals surface area contributed by atoms with Crippen LogP contribution >= 0.6 is 0 Å². The molecule has 1 aromatic heterocycles. The van der Waals surface area contributed by atoms with Gasteiger partial charge in [0.05, 0.1) is 24.3 Å². The lowest BCUT2D eigenvalue weighted by Gasteiger charge is -2.36. The molecule has 0 bridgehead atoms. The zero-order valence-electron chi connectivity index (χ0n) is 12.7. The van der Waals surface area contributed by atoms with Gasteiger partial charge >= 0.3 is 12.0 Å². The van der Waals surface area contributed by atoms with Crippen molar-refractivity contribution in [1.82, 2.24) is 19.8 Å². The van der Waals surface area contributed by atoms with Crippen molar-refractivity contribution in [3.05, 3.63) is 17.7 Å². The minimum Gasteiger partial charge on any atom is -0.480 e. The third-order valence-electron chi connectivity index (χ3n) is 3.67. The molecule has 0 fully saturated rings. The Morgan fingerprint density at radius 2 is 2.29 bits per heavy atom. The average molecular weight is 294 g/mol. The maximum Gasteiger partial charge on any atom is 0.326 e. The molecule has 0 saturated heterocycles. The fraction of sp³-hybridized carbons (Fsp3) is 0.643. The molecule has 7 nitrogen and oxygen atoms in total. The highest BCUT2D eigenvalue weighted by Crippen LogP contribution is 2.22. The zero-order valence-corrected chi connectivity index (χ0v) is 12.7. The van der Waals surface area contributed by atoms with Crippen LogP contribution in [-0.2, 0) is 17.8 Å². The Morgan fingerprint density at radius 1 is 1.57 bits per heavy atom. The predicted octanol–water partition coefficient (Wildman–Crippen LogP) is 1.32. The summed E-state index contributed by atoms with van der Waals surface area (Å²) >= 11 is 0. The molecule has 1 aromatic rings. The molecule has 2 heterocycles. The Morgan fingerprint density at radius 3 is 2.86 bits per heavy atom. The van der Waals surface area contributed by atoms with Crippen LogP contribution in [0.4, 0.5) is 4.79 Å². The van der Waals surface area contributed by atoms with E-state index in [-0.39, 0.29) is 19.0 Å². The van der Waals surface area contributed by atoms with Crippen molar-refractivity contribution in [2.45, 2.75) is 39.8 Å². The first-order valence-corrected chi connectivity index (χ1v) is 7.23. The molecule has 0 aromatic carbocycles. The summed E-state index contributed by atoms with van der Waals surface area (Å²) in [5.74, 6) is -0.651. The number of hydrogen-bond donors (Lipinski definition) is 2. The number of nitrogens with one attached hydrogen (secondary N) is 1. The molecule has 1 aliphatic rings. The van der Waals surface area contributed by atoms with E-state index < -0.39 is 12.0 Å². The van der Waals surface area contributed by atoms with Crippen molar-refractivity contribution in [2.75, 3.05) is 13.1 Å². The minimum absolute atomic E-state index is 0.223. The van der Waals surface area contributed by atoms with E-state index in [2.05, 4.69) is 9.97 Å². The number of aliphatic carboxylic acids is 1. The molecule has 1 unspecified atom stereocenters. The van der Waals surface area contributed by atoms with Gasteiger partial charge < -0.3 is 19.9 Å². The van der Waals surface area contributed by atoms with Gasteiger partial charge in [-0.1, -0.05) is 13.8 Å². The summed E-state index contributed by atoms with van der Waals surface area (Å²) in [5.41, 5.74) is 1.56. The third-order valence-corrected chi connectivity index (χ3v) is 3.67. The van der Waals surface area contributed by atoms with Crippen LogP contribution < -0.4 is 0 Å². The molecule has 2 N–H and O–H groups in total. The van der Waals surface area contributed by atoms with Crippen molar-refractivity contribution in [3.63, 3.8) is 0 Å². The van der Waals surface area contributed by atoms with Crippen LogP contribution in [-0.4, -0.2) is 56.0 Å². The van der Waals surface area contributed by atoms with Gasteiger partial charge in [0, 0.05) is 19.5 Å². The first-order chi connectivity index (χ1) is 9.93. The van der Waals surface area contributed by atoms with E-state index in [1.807, 2.05) is 20.8 Å². The molecule has 2 rings (SSSR count). The van der Waals surface area contributed by atoms with Crippen LogP contribution in [0, 0.1) is 5.92 Å². The summed E-state index contributed by atoms with van der Waals surface area (Å²) < 4.78 is 0. The van der Waals surface area contributed by atoms with Crippen LogP contribution in [0.3, 0.4) is 0 Å². The summed E-state index contributed by atoms with van der Waals surface area (Å²) in [5, 5.41) is 9.41. The van der Waals surface area contributed by atoms with Crippen molar-refractivity contribution in [2.24, 2.45) is 5.92 Å². The average Bonchev–Trinajstić information content (AvgIpc) is 2.89. The second-order valence-electron chi connectivity index (χ2n) is 5.73. The van der Waals surface area contributed by atoms with Gasteiger partial charge in [0.2, 0.25) is 0 Å². The molecule has 1 atom stereocenters. The van der Waals surface area contributed by atoms with Crippen LogP contribution in [0.2, 0.25) is 0 Å². The summed E-state index contributed by atoms with van der Waals surface area (Å²) in [7, 11) is 0. The Bertz CT molecular complexity index is 526. The predicted molar refractivity (Wildman–Crippen MR) is 76.7 cm³/mol. The molecule has 0 radical (unpaired) electrons. The summed E-state index contributed by atoms with van der Waals surface area (Å²) in [4.78, 5) is 34.4. The maximum atomic E-state index is 12.7. The molecule has 1 aliphatic heterocycles. The smallest absolute Gasteiger partial charge is 0.326 e. The van der Waals surface area contributed by atoms with Gasteiger partial charge in [-0.15, -0.1) is 0 Å². The van der Waals surface area contributed by atoms with Crippen LogP contribution in [0.5, 0.6) is 0 Å². The lowest BCUT2D eigenvalue weighted by atomic mass is 10.0. The number of carboxylic acid groups (broad SMARTS) is 1. The molecule has 0 spiro atoms. The number of H-pyrrole nitrogens is 1. The first kappa shape index (κ1) is 15.3. The number of hydrogen-bond acceptors (Lipinski definition) is 3. The fourth-order valence-corrected chi connectivity index (χ4v) is 2.62. The highest BCUT2D eigenvalue weighted by Gasteiger charge is 2.37. The lowest BCUT2D eigenvalue weighted by molar-refractivity contribution is -0.143. The number of amides is 2. The SMILES string of the molecule is CCN(CC(C)C)C(=O)N1Cc2[nH]cnc2CC1C(=O)O. The van der Waals surface area contributed by atoms with E-state index in [1.165, 1.54) is 4.90 Å². The fourth-order valence-electron chi connectivity index (χ4n) is 2.62. The van der Waals surface area contributed by atoms with Gasteiger partial charge in [-0.05, 0) is 12.8 Å². The Balaban J connectivity index is 2.23. The monoisotopic (exact) mass is 294 g/mol. The van der Waals surface area contributed by atoms with Crippen molar-refractivity contribution in [3.8, 4) is 0 Å². The molecule has 116 valence electrons. The number of fused-ring (bicyclic) bond motifs is 1. The van der Waals surface area contributed by atoms with Gasteiger partial charge in [-0.25, -0.2) is 14.6 Å². The first-order valence-electron chi connectivity index (χ1n) is 7.23. The van der Waals surface area contributed by atoms with Gasteiger partial charge in [-0.3, -0.25) is 0 Å². The van der Waals surface area contributed by atoms with Gasteiger partial charge in [0.1, 0.15) is 6.04 Å². The summed E-state index contributed by atoms with van der Waals surface area (Å²) in [6.07, 6.45) is 1.79. The second-order valence-corrected chi connectivity index (χ2v) is 5.73. The van der Waals surface area contributed by atoms with Crippen LogP contribution in [0.25, 0.3) is 0 Å². The number of imidazole rings is 1. The number of rotatable bonds is 4. The highest BCUT2D eigenvalue weighted by molar-refractivity contribution is 5.83. The van der Waals surface area contributed by atoms with E-state index in [1.54, 1.807) is 11.2 Å². The largest absolute Gasteiger partial charge is 0.480 e. The molecule has 0 aliphatic carbocycles. The number of aromatic nitrogens is 2. The summed E-state index contributed by atoms with van der Waals surface area (Å²) in [6, 6.07) is -1.08. The van der Waals surface area contributed by atoms with Gasteiger partial charge in [0.25, 0.3) is 0 Å². The normalized spacial score (nSPS) is 17.7. The highest BCUT2D eigenvalue weighted by atomic mass is 16.4. The third kappa shape index (κ3) is 3.17. The van der Waals surface area contributed by atoms with E-state index in [4.69, 9.17) is 0 Å². The van der Waals surface area contributed by atoms with Gasteiger partial charge in [0.15, 0.2) is 0 Å². The summed E-state index contributed by atoms with van der Waals surface area (Å²) in [6.45, 7) is 7.42. The number of aromatic amines is 1. The number of carbonyl (C=O) groups is 2. The van der Waals surface area contributed by atoms with E-state index >= 15 is 0 Å². The van der Waals surface area contributed by atoms with Crippen molar-refractivity contribution in [1.29, 1.82) is 0 Å². The maximum absolute atomic E-state index is 12.7. The molecule has 2 amide bonds. The number of nitrogens with zero attached hydrogens (tertiary/aromatic N) is 3. The lowest BCUT2D eigenvalue weighted by Crippen LogP contribution is -2.54. The van der Waals surface area contributed by atoms with Crippen LogP contribution in [0.15, 0.2) is 6.33 Å². The molecule has 21 heavy (non-hydrogen) atoms. The molecule has 7 heteroatoms. The number of urea groups is 1. The quantitative estimate of drug-likeness (QED) is 0.876. The Hall–Kier alpha value is -2.05. The van der Waals surface area contributed by atoms with Crippen molar-refractivity contribution >= 4 is 12.0 Å². The van der Waals surface area contributed by atoms with Crippen molar-refractivity contribution < 1.29 is 14.7 Å². The Labute approximate surface area is 124 Å². The molecule has 0 saturated carbocycles. The van der Waals surface area contributed by atoms with Gasteiger partial charge in [-0.2, -0.15) is 0 Å². The minimum atomic E-state index is -0.988. The number of carboxylic acids is 1. The zero-order chi connectivity index (χ0) is 15.6. The van der Waals surface area contributed by atoms with E-state index in [0.29, 0.717) is 19.0 Å². The second kappa shape index (κ2) is 6.15. The standard InChI is InChI=1S/C14H22N4O3/c1-4-17(6-9(2)3)14(21)18-7-11-10(15-8-16-11)5-12(18)13(19)20/h8-9,12H,4-7H2,1-3H3,(H,15,16)(H,19,20). The van der Waals surface area contributed by atoms with Crippen LogP contribution in [0.1, 0.15) is 32.2 Å². The van der Waals surface area contributed by atoms with E-state index in [0.717, 1.165) is 11.4 Å². The Kier molecular flexibility index (Phi) is 4.50. The molecular weight excluding hydrogens is 272 g/mol.